The van der Waals surface area contributed by atoms with Crippen molar-refractivity contribution in [1.29, 1.82) is 0 Å². The Morgan fingerprint density at radius 3 is 2.50 bits per heavy atom. The number of hydrogen-bond donors (Lipinski definition) is 0. The molecule has 1 aliphatic carbocycles. The molecule has 0 saturated heterocycles. The van der Waals surface area contributed by atoms with Crippen molar-refractivity contribution >= 4 is 12.0 Å². The smallest absolute Gasteiger partial charge is 0.246 e. The fourth-order valence-corrected chi connectivity index (χ4v) is 2.50. The van der Waals surface area contributed by atoms with Crippen LogP contribution in [0.15, 0.2) is 36.4 Å². The first-order valence-electron chi connectivity index (χ1n) is 6.77. The maximum atomic E-state index is 12.1. The van der Waals surface area contributed by atoms with Gasteiger partial charge in [0, 0.05) is 19.2 Å². The van der Waals surface area contributed by atoms with Crippen LogP contribution in [0.3, 0.4) is 0 Å². The topological polar surface area (TPSA) is 20.3 Å². The zero-order chi connectivity index (χ0) is 12.8. The molecule has 1 fully saturated rings. The highest BCUT2D eigenvalue weighted by molar-refractivity contribution is 5.91. The predicted octanol–water partition coefficient (Wildman–Crippen LogP) is 3.49. The third-order valence-electron chi connectivity index (χ3n) is 3.69. The lowest BCUT2D eigenvalue weighted by Gasteiger charge is -2.30. The number of carbonyl (C=O) groups excluding carboxylic acids is 1. The summed E-state index contributed by atoms with van der Waals surface area (Å²) in [5.41, 5.74) is 1.07. The van der Waals surface area contributed by atoms with Crippen LogP contribution in [-0.4, -0.2) is 23.9 Å². The molecule has 1 amide bonds. The quantitative estimate of drug-likeness (QED) is 0.744. The van der Waals surface area contributed by atoms with E-state index >= 15 is 0 Å². The lowest BCUT2D eigenvalue weighted by molar-refractivity contribution is -0.127. The first-order valence-corrected chi connectivity index (χ1v) is 6.77. The van der Waals surface area contributed by atoms with E-state index in [1.807, 2.05) is 48.4 Å². The fraction of sp³-hybridized carbons (Fsp3) is 0.438. The Labute approximate surface area is 109 Å². The molecule has 0 heterocycles. The van der Waals surface area contributed by atoms with Gasteiger partial charge in [-0.15, -0.1) is 0 Å². The van der Waals surface area contributed by atoms with Crippen molar-refractivity contribution in [3.8, 4) is 0 Å². The van der Waals surface area contributed by atoms with Crippen molar-refractivity contribution in [2.24, 2.45) is 0 Å². The molecule has 2 nitrogen and oxygen atoms in total. The van der Waals surface area contributed by atoms with Crippen LogP contribution in [0.4, 0.5) is 0 Å². The summed E-state index contributed by atoms with van der Waals surface area (Å²) in [7, 11) is 1.92. The van der Waals surface area contributed by atoms with Crippen LogP contribution < -0.4 is 0 Å². The van der Waals surface area contributed by atoms with Crippen molar-refractivity contribution in [1.82, 2.24) is 4.90 Å². The largest absolute Gasteiger partial charge is 0.339 e. The number of hydrogen-bond acceptors (Lipinski definition) is 1. The van der Waals surface area contributed by atoms with Gasteiger partial charge in [-0.2, -0.15) is 0 Å². The van der Waals surface area contributed by atoms with Gasteiger partial charge in [-0.3, -0.25) is 4.79 Å². The van der Waals surface area contributed by atoms with Crippen LogP contribution in [0.5, 0.6) is 0 Å². The number of amides is 1. The summed E-state index contributed by atoms with van der Waals surface area (Å²) in [5, 5.41) is 0. The van der Waals surface area contributed by atoms with E-state index in [4.69, 9.17) is 0 Å². The van der Waals surface area contributed by atoms with E-state index < -0.39 is 0 Å². The first kappa shape index (κ1) is 12.9. The SMILES string of the molecule is CN(C(=O)C=Cc1ccccc1)C1CCCCC1. The van der Waals surface area contributed by atoms with Crippen LogP contribution in [0.1, 0.15) is 37.7 Å². The molecule has 1 saturated carbocycles. The van der Waals surface area contributed by atoms with Gasteiger partial charge in [0.1, 0.15) is 0 Å². The van der Waals surface area contributed by atoms with E-state index in [-0.39, 0.29) is 5.91 Å². The molecule has 2 heteroatoms. The molecule has 18 heavy (non-hydrogen) atoms. The second-order valence-electron chi connectivity index (χ2n) is 4.98. The maximum absolute atomic E-state index is 12.1. The Bertz CT molecular complexity index is 404. The van der Waals surface area contributed by atoms with E-state index in [1.54, 1.807) is 6.08 Å². The van der Waals surface area contributed by atoms with Crippen LogP contribution >= 0.6 is 0 Å². The Balaban J connectivity index is 1.92. The molecule has 2 rings (SSSR count). The molecule has 0 bridgehead atoms. The molecule has 0 N–H and O–H groups in total. The fourth-order valence-electron chi connectivity index (χ4n) is 2.50. The average molecular weight is 243 g/mol. The summed E-state index contributed by atoms with van der Waals surface area (Å²) in [4.78, 5) is 14.0. The summed E-state index contributed by atoms with van der Waals surface area (Å²) in [6.45, 7) is 0. The predicted molar refractivity (Wildman–Crippen MR) is 75.1 cm³/mol. The number of benzene rings is 1. The third kappa shape index (κ3) is 3.46. The van der Waals surface area contributed by atoms with Gasteiger partial charge in [0.2, 0.25) is 5.91 Å². The zero-order valence-corrected chi connectivity index (χ0v) is 11.0. The lowest BCUT2D eigenvalue weighted by Crippen LogP contribution is -2.37. The number of carbonyl (C=O) groups is 1. The average Bonchev–Trinajstić information content (AvgIpc) is 2.46. The Hall–Kier alpha value is -1.57. The van der Waals surface area contributed by atoms with E-state index in [1.165, 1.54) is 19.3 Å². The molecular formula is C16H21NO. The summed E-state index contributed by atoms with van der Waals surface area (Å²) < 4.78 is 0. The molecular weight excluding hydrogens is 222 g/mol. The third-order valence-corrected chi connectivity index (χ3v) is 3.69. The van der Waals surface area contributed by atoms with Gasteiger partial charge in [-0.1, -0.05) is 49.6 Å². The Kier molecular flexibility index (Phi) is 4.57. The van der Waals surface area contributed by atoms with E-state index in [9.17, 15) is 4.79 Å². The molecule has 0 aliphatic heterocycles. The molecule has 0 spiro atoms. The summed E-state index contributed by atoms with van der Waals surface area (Å²) in [6.07, 6.45) is 9.71. The molecule has 0 radical (unpaired) electrons. The van der Waals surface area contributed by atoms with Crippen LogP contribution in [0.25, 0.3) is 6.08 Å². The van der Waals surface area contributed by atoms with Crippen LogP contribution in [-0.2, 0) is 4.79 Å². The molecule has 1 aromatic carbocycles. The Morgan fingerprint density at radius 1 is 1.17 bits per heavy atom. The van der Waals surface area contributed by atoms with Gasteiger partial charge < -0.3 is 4.90 Å². The highest BCUT2D eigenvalue weighted by Gasteiger charge is 2.20. The summed E-state index contributed by atoms with van der Waals surface area (Å²) >= 11 is 0. The normalized spacial score (nSPS) is 16.9. The summed E-state index contributed by atoms with van der Waals surface area (Å²) in [5.74, 6) is 0.116. The van der Waals surface area contributed by atoms with Gasteiger partial charge >= 0.3 is 0 Å². The second-order valence-corrected chi connectivity index (χ2v) is 4.98. The van der Waals surface area contributed by atoms with Gasteiger partial charge in [-0.05, 0) is 24.5 Å². The van der Waals surface area contributed by atoms with Gasteiger partial charge in [0.05, 0.1) is 0 Å². The highest BCUT2D eigenvalue weighted by atomic mass is 16.2. The number of nitrogens with zero attached hydrogens (tertiary/aromatic N) is 1. The van der Waals surface area contributed by atoms with Crippen molar-refractivity contribution in [2.45, 2.75) is 38.1 Å². The van der Waals surface area contributed by atoms with E-state index in [0.717, 1.165) is 18.4 Å². The number of likely N-dealkylation sites (N-methyl/N-ethyl adjacent to an activating group) is 1. The number of rotatable bonds is 3. The van der Waals surface area contributed by atoms with Crippen molar-refractivity contribution < 1.29 is 4.79 Å². The van der Waals surface area contributed by atoms with Gasteiger partial charge in [0.25, 0.3) is 0 Å². The van der Waals surface area contributed by atoms with Crippen LogP contribution in [0.2, 0.25) is 0 Å². The monoisotopic (exact) mass is 243 g/mol. The van der Waals surface area contributed by atoms with E-state index in [0.29, 0.717) is 6.04 Å². The second kappa shape index (κ2) is 6.39. The van der Waals surface area contributed by atoms with Crippen molar-refractivity contribution in [2.75, 3.05) is 7.05 Å². The highest BCUT2D eigenvalue weighted by Crippen LogP contribution is 2.21. The molecule has 0 unspecified atom stereocenters. The molecule has 96 valence electrons. The molecule has 0 atom stereocenters. The Morgan fingerprint density at radius 2 is 1.83 bits per heavy atom. The minimum Gasteiger partial charge on any atom is -0.339 e. The zero-order valence-electron chi connectivity index (χ0n) is 11.0. The standard InChI is InChI=1S/C16H21NO/c1-17(15-10-6-3-7-11-15)16(18)13-12-14-8-4-2-5-9-14/h2,4-5,8-9,12-13,15H,3,6-7,10-11H2,1H3. The van der Waals surface area contributed by atoms with Crippen molar-refractivity contribution in [3.63, 3.8) is 0 Å². The van der Waals surface area contributed by atoms with E-state index in [2.05, 4.69) is 0 Å². The van der Waals surface area contributed by atoms with Gasteiger partial charge in [-0.25, -0.2) is 0 Å². The summed E-state index contributed by atoms with van der Waals surface area (Å²) in [6, 6.07) is 10.4. The molecule has 0 aromatic heterocycles. The molecule has 1 aromatic rings. The molecule has 1 aliphatic rings. The minimum absolute atomic E-state index is 0.116. The van der Waals surface area contributed by atoms with Gasteiger partial charge in [0.15, 0.2) is 0 Å². The lowest BCUT2D eigenvalue weighted by atomic mass is 9.94. The van der Waals surface area contributed by atoms with Crippen LogP contribution in [0, 0.1) is 0 Å². The maximum Gasteiger partial charge on any atom is 0.246 e. The minimum atomic E-state index is 0.116. The first-order chi connectivity index (χ1) is 8.77. The van der Waals surface area contributed by atoms with Crippen molar-refractivity contribution in [3.05, 3.63) is 42.0 Å².